The largest absolute Gasteiger partial charge is 0.383 e. The molecule has 0 aliphatic rings. The zero-order chi connectivity index (χ0) is 14.5. The Morgan fingerprint density at radius 2 is 2.15 bits per heavy atom. The minimum Gasteiger partial charge on any atom is -0.383 e. The van der Waals surface area contributed by atoms with Crippen LogP contribution in [0.15, 0.2) is 6.33 Å². The van der Waals surface area contributed by atoms with Gasteiger partial charge in [0.25, 0.3) is 0 Å². The number of nitrogens with zero attached hydrogens (tertiary/aromatic N) is 3. The smallest absolute Gasteiger partial charge is 0.157 e. The molecule has 108 valence electrons. The summed E-state index contributed by atoms with van der Waals surface area (Å²) in [6.07, 6.45) is 3.31. The number of thiazole rings is 1. The van der Waals surface area contributed by atoms with Crippen molar-refractivity contribution in [3.63, 3.8) is 0 Å². The maximum Gasteiger partial charge on any atom is 0.157 e. The second kappa shape index (κ2) is 6.85. The van der Waals surface area contributed by atoms with E-state index < -0.39 is 0 Å². The summed E-state index contributed by atoms with van der Waals surface area (Å²) >= 11 is 7.77. The molecule has 0 saturated carbocycles. The molecule has 2 rings (SSSR count). The third-order valence-corrected chi connectivity index (χ3v) is 4.31. The van der Waals surface area contributed by atoms with Crippen LogP contribution in [0.3, 0.4) is 0 Å². The van der Waals surface area contributed by atoms with Crippen molar-refractivity contribution in [2.24, 2.45) is 0 Å². The van der Waals surface area contributed by atoms with Crippen molar-refractivity contribution in [3.05, 3.63) is 27.1 Å². The lowest BCUT2D eigenvalue weighted by molar-refractivity contribution is 0.949. The summed E-state index contributed by atoms with van der Waals surface area (Å²) in [5.74, 6) is 0.719. The monoisotopic (exact) mass is 311 g/mol. The quantitative estimate of drug-likeness (QED) is 0.802. The summed E-state index contributed by atoms with van der Waals surface area (Å²) in [4.78, 5) is 14.1. The van der Waals surface area contributed by atoms with Crippen LogP contribution in [-0.2, 0) is 12.8 Å². The van der Waals surface area contributed by atoms with Crippen molar-refractivity contribution >= 4 is 34.4 Å². The van der Waals surface area contributed by atoms with Gasteiger partial charge in [0.15, 0.2) is 11.0 Å². The van der Waals surface area contributed by atoms with Crippen LogP contribution in [0, 0.1) is 6.92 Å². The number of hydrogen-bond acceptors (Lipinski definition) is 6. The van der Waals surface area contributed by atoms with Crippen molar-refractivity contribution in [3.8, 4) is 0 Å². The maximum absolute atomic E-state index is 6.00. The van der Waals surface area contributed by atoms with Gasteiger partial charge in [-0.2, -0.15) is 0 Å². The van der Waals surface area contributed by atoms with E-state index in [9.17, 15) is 0 Å². The number of rotatable bonds is 6. The van der Waals surface area contributed by atoms with Gasteiger partial charge in [-0.3, -0.25) is 0 Å². The van der Waals surface area contributed by atoms with Gasteiger partial charge in [0.2, 0.25) is 0 Å². The Bertz CT molecular complexity index is 584. The van der Waals surface area contributed by atoms with Crippen LogP contribution in [0.2, 0.25) is 5.15 Å². The van der Waals surface area contributed by atoms with Crippen molar-refractivity contribution in [2.45, 2.75) is 26.7 Å². The molecule has 2 N–H and O–H groups in total. The van der Waals surface area contributed by atoms with Gasteiger partial charge < -0.3 is 10.6 Å². The molecule has 0 amide bonds. The van der Waals surface area contributed by atoms with Crippen LogP contribution in [0.4, 0.5) is 11.5 Å². The molecule has 20 heavy (non-hydrogen) atoms. The minimum atomic E-state index is 0.420. The molecule has 0 saturated heterocycles. The van der Waals surface area contributed by atoms with E-state index >= 15 is 0 Å². The van der Waals surface area contributed by atoms with Gasteiger partial charge in [0.1, 0.15) is 12.0 Å². The standard InChI is InChI=1S/C13H18ClN5S/c1-4-9-8(2)20-10(19-9)5-6-16-13-11(15-3)12(14)17-7-18-13/h7,15H,4-6H2,1-3H3,(H,16,17,18). The van der Waals surface area contributed by atoms with E-state index in [1.807, 2.05) is 0 Å². The summed E-state index contributed by atoms with van der Waals surface area (Å²) in [6, 6.07) is 0. The highest BCUT2D eigenvalue weighted by molar-refractivity contribution is 7.11. The van der Waals surface area contributed by atoms with Gasteiger partial charge in [-0.15, -0.1) is 11.3 Å². The fourth-order valence-corrected chi connectivity index (χ4v) is 3.18. The van der Waals surface area contributed by atoms with Gasteiger partial charge in [0, 0.05) is 24.9 Å². The Kier molecular flexibility index (Phi) is 5.14. The predicted octanol–water partition coefficient (Wildman–Crippen LogP) is 3.15. The van der Waals surface area contributed by atoms with Crippen molar-refractivity contribution < 1.29 is 0 Å². The summed E-state index contributed by atoms with van der Waals surface area (Å²) < 4.78 is 0. The number of aryl methyl sites for hydroxylation is 2. The van der Waals surface area contributed by atoms with Crippen LogP contribution < -0.4 is 10.6 Å². The summed E-state index contributed by atoms with van der Waals surface area (Å²) in [5, 5.41) is 7.84. The lowest BCUT2D eigenvalue weighted by Crippen LogP contribution is -2.09. The maximum atomic E-state index is 6.00. The number of nitrogens with one attached hydrogen (secondary N) is 2. The average molecular weight is 312 g/mol. The molecule has 0 fully saturated rings. The highest BCUT2D eigenvalue weighted by atomic mass is 35.5. The van der Waals surface area contributed by atoms with E-state index in [1.54, 1.807) is 18.4 Å². The van der Waals surface area contributed by atoms with Crippen LogP contribution >= 0.6 is 22.9 Å². The van der Waals surface area contributed by atoms with Crippen LogP contribution in [-0.4, -0.2) is 28.5 Å². The Balaban J connectivity index is 1.97. The van der Waals surface area contributed by atoms with E-state index in [1.165, 1.54) is 16.9 Å². The molecule has 0 atom stereocenters. The lowest BCUT2D eigenvalue weighted by Gasteiger charge is -2.10. The second-order valence-corrected chi connectivity index (χ2v) is 5.92. The molecule has 7 heteroatoms. The fraction of sp³-hybridized carbons (Fsp3) is 0.462. The van der Waals surface area contributed by atoms with E-state index in [0.717, 1.165) is 35.9 Å². The number of halogens is 1. The molecule has 2 heterocycles. The highest BCUT2D eigenvalue weighted by Crippen LogP contribution is 2.25. The number of anilines is 2. The summed E-state index contributed by atoms with van der Waals surface area (Å²) in [7, 11) is 1.80. The molecular formula is C13H18ClN5S. The first kappa shape index (κ1) is 15.0. The van der Waals surface area contributed by atoms with Crippen molar-refractivity contribution in [1.82, 2.24) is 15.0 Å². The molecule has 0 aliphatic carbocycles. The minimum absolute atomic E-state index is 0.420. The topological polar surface area (TPSA) is 62.7 Å². The third kappa shape index (κ3) is 3.37. The third-order valence-electron chi connectivity index (χ3n) is 2.95. The lowest BCUT2D eigenvalue weighted by atomic mass is 10.3. The van der Waals surface area contributed by atoms with Gasteiger partial charge in [-0.25, -0.2) is 15.0 Å². The molecular weight excluding hydrogens is 294 g/mol. The first-order valence-corrected chi connectivity index (χ1v) is 7.72. The molecule has 2 aromatic rings. The zero-order valence-electron chi connectivity index (χ0n) is 11.8. The van der Waals surface area contributed by atoms with Crippen LogP contribution in [0.25, 0.3) is 0 Å². The Hall–Kier alpha value is -1.40. The molecule has 0 aromatic carbocycles. The average Bonchev–Trinajstić information content (AvgIpc) is 2.79. The van der Waals surface area contributed by atoms with E-state index in [2.05, 4.69) is 39.4 Å². The second-order valence-electron chi connectivity index (χ2n) is 4.28. The van der Waals surface area contributed by atoms with E-state index in [-0.39, 0.29) is 0 Å². The molecule has 0 bridgehead atoms. The fourth-order valence-electron chi connectivity index (χ4n) is 1.93. The Morgan fingerprint density at radius 1 is 1.35 bits per heavy atom. The van der Waals surface area contributed by atoms with Crippen LogP contribution in [0.5, 0.6) is 0 Å². The summed E-state index contributed by atoms with van der Waals surface area (Å²) in [6.45, 7) is 5.01. The van der Waals surface area contributed by atoms with Crippen molar-refractivity contribution in [2.75, 3.05) is 24.2 Å². The number of aromatic nitrogens is 3. The Morgan fingerprint density at radius 3 is 2.80 bits per heavy atom. The van der Waals surface area contributed by atoms with Gasteiger partial charge >= 0.3 is 0 Å². The Labute approximate surface area is 127 Å². The first-order chi connectivity index (χ1) is 9.65. The molecule has 5 nitrogen and oxygen atoms in total. The highest BCUT2D eigenvalue weighted by Gasteiger charge is 2.09. The molecule has 2 aromatic heterocycles. The molecule has 0 radical (unpaired) electrons. The molecule has 0 spiro atoms. The van der Waals surface area contributed by atoms with Gasteiger partial charge in [-0.05, 0) is 13.3 Å². The number of hydrogen-bond donors (Lipinski definition) is 2. The van der Waals surface area contributed by atoms with Crippen LogP contribution in [0.1, 0.15) is 22.5 Å². The van der Waals surface area contributed by atoms with E-state index in [4.69, 9.17) is 11.6 Å². The first-order valence-electron chi connectivity index (χ1n) is 6.53. The SMILES string of the molecule is CCc1nc(CCNc2ncnc(Cl)c2NC)sc1C. The van der Waals surface area contributed by atoms with Gasteiger partial charge in [-0.1, -0.05) is 18.5 Å². The van der Waals surface area contributed by atoms with E-state index in [0.29, 0.717) is 5.15 Å². The zero-order valence-corrected chi connectivity index (χ0v) is 13.4. The molecule has 0 aliphatic heterocycles. The summed E-state index contributed by atoms with van der Waals surface area (Å²) in [5.41, 5.74) is 1.92. The van der Waals surface area contributed by atoms with Crippen molar-refractivity contribution in [1.29, 1.82) is 0 Å². The predicted molar refractivity (Wildman–Crippen MR) is 85.0 cm³/mol. The normalized spacial score (nSPS) is 10.6. The molecule has 0 unspecified atom stereocenters. The van der Waals surface area contributed by atoms with Gasteiger partial charge in [0.05, 0.1) is 10.7 Å².